The number of ether oxygens (including phenoxy) is 6. The molecule has 0 aliphatic carbocycles. The molecule has 0 radical (unpaired) electrons. The van der Waals surface area contributed by atoms with Gasteiger partial charge >= 0.3 is 24.1 Å². The van der Waals surface area contributed by atoms with E-state index in [1.807, 2.05) is 67.6 Å². The summed E-state index contributed by atoms with van der Waals surface area (Å²) in [5.74, 6) is 2.99. The van der Waals surface area contributed by atoms with Gasteiger partial charge in [-0.2, -0.15) is 0 Å². The van der Waals surface area contributed by atoms with Crippen LogP contribution in [0.15, 0.2) is 84.9 Å². The maximum atomic E-state index is 12.7. The number of Topliss-reactive ketones (excluding diaryl/α,β-unsaturated/α-hetero) is 1. The summed E-state index contributed by atoms with van der Waals surface area (Å²) in [6.07, 6.45) is 5.89. The Bertz CT molecular complexity index is 2370. The van der Waals surface area contributed by atoms with E-state index in [9.17, 15) is 24.0 Å². The fourth-order valence-corrected chi connectivity index (χ4v) is 7.22. The number of amides is 2. The minimum Gasteiger partial charge on any atom is -0.489 e. The van der Waals surface area contributed by atoms with Crippen LogP contribution in [0.5, 0.6) is 11.5 Å². The zero-order valence-electron chi connectivity index (χ0n) is 38.1. The average molecular weight is 875 g/mol. The van der Waals surface area contributed by atoms with Gasteiger partial charge in [-0.05, 0) is 130 Å². The molecular formula is C51H58N2O11. The van der Waals surface area contributed by atoms with E-state index in [1.165, 1.54) is 24.0 Å². The third kappa shape index (κ3) is 12.6. The molecule has 0 fully saturated rings. The van der Waals surface area contributed by atoms with Crippen LogP contribution in [0.25, 0.3) is 0 Å². The quantitative estimate of drug-likeness (QED) is 0.0651. The van der Waals surface area contributed by atoms with E-state index in [0.717, 1.165) is 33.4 Å². The Balaban J connectivity index is 0.000000241. The molecule has 0 saturated carbocycles. The second-order valence-electron chi connectivity index (χ2n) is 17.3. The number of ketones is 1. The van der Waals surface area contributed by atoms with Crippen LogP contribution in [-0.2, 0) is 54.6 Å². The number of hydrogen-bond donors (Lipinski definition) is 0. The highest BCUT2D eigenvalue weighted by Gasteiger charge is 2.40. The van der Waals surface area contributed by atoms with E-state index in [0.29, 0.717) is 68.2 Å². The first-order valence-electron chi connectivity index (χ1n) is 21.2. The third-order valence-corrected chi connectivity index (χ3v) is 10.3. The summed E-state index contributed by atoms with van der Waals surface area (Å²) in [5.41, 5.74) is 5.33. The molecule has 2 atom stereocenters. The summed E-state index contributed by atoms with van der Waals surface area (Å²) in [6, 6.07) is 24.3. The van der Waals surface area contributed by atoms with Crippen molar-refractivity contribution < 1.29 is 52.4 Å². The van der Waals surface area contributed by atoms with Crippen molar-refractivity contribution in [3.8, 4) is 23.8 Å². The van der Waals surface area contributed by atoms with E-state index in [2.05, 4.69) is 5.92 Å². The molecule has 338 valence electrons. The normalized spacial score (nSPS) is 15.4. The molecule has 13 heteroatoms. The Labute approximate surface area is 375 Å². The monoisotopic (exact) mass is 874 g/mol. The van der Waals surface area contributed by atoms with Gasteiger partial charge in [0.25, 0.3) is 0 Å². The maximum absolute atomic E-state index is 12.7. The largest absolute Gasteiger partial charge is 0.489 e. The van der Waals surface area contributed by atoms with E-state index in [1.54, 1.807) is 65.8 Å². The number of carbonyl (C=O) groups is 5. The number of benzene rings is 4. The minimum atomic E-state index is -0.876. The number of terminal acetylenes is 1. The lowest BCUT2D eigenvalue weighted by Gasteiger charge is -2.36. The van der Waals surface area contributed by atoms with Crippen molar-refractivity contribution in [3.63, 3.8) is 0 Å². The van der Waals surface area contributed by atoms with Crippen molar-refractivity contribution in [2.24, 2.45) is 0 Å². The number of methoxy groups -OCH3 is 2. The molecule has 0 N–H and O–H groups in total. The predicted molar refractivity (Wildman–Crippen MR) is 240 cm³/mol. The summed E-state index contributed by atoms with van der Waals surface area (Å²) < 4.78 is 32.8. The van der Waals surface area contributed by atoms with Crippen molar-refractivity contribution in [1.29, 1.82) is 0 Å². The van der Waals surface area contributed by atoms with Gasteiger partial charge in [-0.25, -0.2) is 19.2 Å². The van der Waals surface area contributed by atoms with Gasteiger partial charge in [0.15, 0.2) is 17.9 Å². The van der Waals surface area contributed by atoms with E-state index >= 15 is 0 Å². The molecule has 64 heavy (non-hydrogen) atoms. The smallest absolute Gasteiger partial charge is 0.411 e. The molecule has 0 aromatic heterocycles. The summed E-state index contributed by atoms with van der Waals surface area (Å²) in [4.78, 5) is 65.3. The number of carbonyl (C=O) groups excluding carboxylic acids is 5. The molecular weight excluding hydrogens is 817 g/mol. The molecule has 2 amide bonds. The molecule has 2 aliphatic rings. The van der Waals surface area contributed by atoms with Gasteiger partial charge in [0, 0.05) is 30.6 Å². The van der Waals surface area contributed by atoms with E-state index in [-0.39, 0.29) is 5.78 Å². The zero-order valence-corrected chi connectivity index (χ0v) is 38.1. The van der Waals surface area contributed by atoms with Gasteiger partial charge < -0.3 is 28.4 Å². The fourth-order valence-electron chi connectivity index (χ4n) is 7.22. The van der Waals surface area contributed by atoms with Crippen molar-refractivity contribution in [2.75, 3.05) is 27.3 Å². The van der Waals surface area contributed by atoms with Crippen molar-refractivity contribution in [1.82, 2.24) is 9.80 Å². The first-order valence-corrected chi connectivity index (χ1v) is 21.2. The topological polar surface area (TPSA) is 147 Å². The molecule has 0 saturated heterocycles. The highest BCUT2D eigenvalue weighted by molar-refractivity contribution is 5.96. The molecule has 2 heterocycles. The molecule has 13 nitrogen and oxygen atoms in total. The highest BCUT2D eigenvalue weighted by atomic mass is 16.6. The molecule has 0 unspecified atom stereocenters. The van der Waals surface area contributed by atoms with Gasteiger partial charge in [-0.15, -0.1) is 6.42 Å². The van der Waals surface area contributed by atoms with Crippen LogP contribution in [0.3, 0.4) is 0 Å². The Morgan fingerprint density at radius 3 is 1.53 bits per heavy atom. The lowest BCUT2D eigenvalue weighted by Crippen LogP contribution is -2.46. The average Bonchev–Trinajstić information content (AvgIpc) is 3.27. The molecule has 2 aliphatic heterocycles. The molecule has 6 rings (SSSR count). The van der Waals surface area contributed by atoms with Crippen molar-refractivity contribution in [2.45, 2.75) is 104 Å². The van der Waals surface area contributed by atoms with E-state index in [4.69, 9.17) is 34.8 Å². The predicted octanol–water partition coefficient (Wildman–Crippen LogP) is 9.12. The Morgan fingerprint density at radius 2 is 1.11 bits per heavy atom. The van der Waals surface area contributed by atoms with Crippen LogP contribution in [0, 0.1) is 12.3 Å². The summed E-state index contributed by atoms with van der Waals surface area (Å²) in [5, 5.41) is 0. The van der Waals surface area contributed by atoms with Crippen LogP contribution in [0.1, 0.15) is 116 Å². The second kappa shape index (κ2) is 21.0. The Morgan fingerprint density at radius 1 is 0.641 bits per heavy atom. The van der Waals surface area contributed by atoms with Gasteiger partial charge in [0.2, 0.25) is 0 Å². The number of rotatable bonds is 10. The molecule has 0 bridgehead atoms. The summed E-state index contributed by atoms with van der Waals surface area (Å²) in [6.45, 7) is 13.9. The highest BCUT2D eigenvalue weighted by Crippen LogP contribution is 2.36. The van der Waals surface area contributed by atoms with Gasteiger partial charge in [0.05, 0.1) is 14.2 Å². The fraction of sp³-hybridized carbons (Fsp3) is 0.392. The first-order chi connectivity index (χ1) is 30.3. The van der Waals surface area contributed by atoms with Gasteiger partial charge in [0.1, 0.15) is 35.9 Å². The van der Waals surface area contributed by atoms with Gasteiger partial charge in [-0.3, -0.25) is 14.6 Å². The number of nitrogens with zero attached hydrogens (tertiary/aromatic N) is 2. The summed E-state index contributed by atoms with van der Waals surface area (Å²) >= 11 is 0. The molecule has 4 aromatic carbocycles. The lowest BCUT2D eigenvalue weighted by atomic mass is 9.92. The molecule has 0 spiro atoms. The minimum absolute atomic E-state index is 0.0917. The Hall–Kier alpha value is -6.81. The van der Waals surface area contributed by atoms with Crippen LogP contribution >= 0.6 is 0 Å². The zero-order chi connectivity index (χ0) is 46.8. The van der Waals surface area contributed by atoms with Crippen LogP contribution in [0.2, 0.25) is 0 Å². The number of hydrogen-bond acceptors (Lipinski definition) is 11. The van der Waals surface area contributed by atoms with Crippen molar-refractivity contribution >= 4 is 29.9 Å². The molecule has 4 aromatic rings. The number of fused-ring (bicyclic) bond motifs is 2. The van der Waals surface area contributed by atoms with Gasteiger partial charge in [-0.1, -0.05) is 55.3 Å². The van der Waals surface area contributed by atoms with Crippen LogP contribution < -0.4 is 9.47 Å². The van der Waals surface area contributed by atoms with E-state index < -0.39 is 47.4 Å². The first kappa shape index (κ1) is 48.2. The van der Waals surface area contributed by atoms with Crippen LogP contribution in [0.4, 0.5) is 9.59 Å². The number of esters is 2. The summed E-state index contributed by atoms with van der Waals surface area (Å²) in [7, 11) is 2.62. The van der Waals surface area contributed by atoms with Crippen molar-refractivity contribution in [3.05, 3.63) is 129 Å². The SMILES string of the molecule is C#Cc1ccc(COc2ccc3c(c2)CCN(C(=O)OC(C)(C)C)[C@H]3C(=O)OC)cc1.CCC(=O)c1cccc(COc2ccc3c(c2)CCN(C(=O)OC(C)(C)C)[C@H]3C(=O)OC)c1. The Kier molecular flexibility index (Phi) is 15.9. The maximum Gasteiger partial charge on any atom is 0.411 e. The standard InChI is InChI=1S/C26H31NO6.C25H27NO5/c1-6-22(28)19-9-7-8-17(14-19)16-32-20-10-11-21-18(15-20)12-13-27(23(21)24(29)31-5)25(30)33-26(2,3)4;1-6-17-7-9-18(10-8-17)16-30-20-11-12-21-19(15-20)13-14-26(22(21)23(27)29-5)24(28)31-25(2,3)4/h7-11,14-15,23H,6,12-13,16H2,1-5H3;1,7-12,15,22H,13-14,16H2,2-5H3/t23-;22-/m11/s1. The second-order valence-corrected chi connectivity index (χ2v) is 17.3. The lowest BCUT2D eigenvalue weighted by molar-refractivity contribution is -0.148. The van der Waals surface area contributed by atoms with Crippen LogP contribution in [-0.4, -0.2) is 78.2 Å². The third-order valence-electron chi connectivity index (χ3n) is 10.3.